The average Bonchev–Trinajstić information content (AvgIpc) is 3.11. The van der Waals surface area contributed by atoms with E-state index in [0.717, 1.165) is 54.5 Å². The van der Waals surface area contributed by atoms with E-state index in [2.05, 4.69) is 41.0 Å². The summed E-state index contributed by atoms with van der Waals surface area (Å²) in [6.45, 7) is 7.30. The van der Waals surface area contributed by atoms with Crippen LogP contribution in [0.2, 0.25) is 0 Å². The number of rotatable bonds is 3. The molecule has 3 aromatic rings. The maximum absolute atomic E-state index is 13.2. The third-order valence-corrected chi connectivity index (χ3v) is 6.38. The van der Waals surface area contributed by atoms with Crippen LogP contribution in [0.3, 0.4) is 0 Å². The molecule has 5 rings (SSSR count). The van der Waals surface area contributed by atoms with Crippen molar-refractivity contribution in [3.8, 4) is 0 Å². The smallest absolute Gasteiger partial charge is 0.270 e. The van der Waals surface area contributed by atoms with E-state index in [1.165, 1.54) is 5.56 Å². The van der Waals surface area contributed by atoms with Crippen LogP contribution < -0.4 is 10.5 Å². The van der Waals surface area contributed by atoms with Crippen LogP contribution in [-0.4, -0.2) is 51.8 Å². The molecule has 1 atom stereocenters. The summed E-state index contributed by atoms with van der Waals surface area (Å²) in [6, 6.07) is 7.73. The maximum atomic E-state index is 13.2. The second-order valence-corrected chi connectivity index (χ2v) is 8.61. The number of piperidine rings is 1. The number of benzene rings is 1. The second kappa shape index (κ2) is 7.31. The lowest BCUT2D eigenvalue weighted by Crippen LogP contribution is -2.44. The van der Waals surface area contributed by atoms with Crippen molar-refractivity contribution < 1.29 is 4.79 Å². The summed E-state index contributed by atoms with van der Waals surface area (Å²) in [5, 5.41) is 5.52. The monoisotopic (exact) mass is 405 g/mol. The van der Waals surface area contributed by atoms with Crippen molar-refractivity contribution in [1.82, 2.24) is 19.7 Å². The van der Waals surface area contributed by atoms with Gasteiger partial charge in [0.1, 0.15) is 5.69 Å². The number of likely N-dealkylation sites (tertiary alicyclic amines) is 1. The first kappa shape index (κ1) is 18.9. The summed E-state index contributed by atoms with van der Waals surface area (Å²) in [5.74, 6) is -0.0156. The molecule has 4 heterocycles. The van der Waals surface area contributed by atoms with Gasteiger partial charge in [0, 0.05) is 43.1 Å². The molecular weight excluding hydrogens is 378 g/mol. The number of hydrogen-bond acceptors (Lipinski definition) is 4. The van der Waals surface area contributed by atoms with Crippen molar-refractivity contribution in [3.05, 3.63) is 57.6 Å². The topological polar surface area (TPSA) is 74.2 Å². The highest BCUT2D eigenvalue weighted by molar-refractivity contribution is 5.99. The Balaban J connectivity index is 1.37. The molecule has 2 aliphatic heterocycles. The van der Waals surface area contributed by atoms with Crippen LogP contribution in [0, 0.1) is 13.8 Å². The largest absolute Gasteiger partial charge is 0.370 e. The van der Waals surface area contributed by atoms with Gasteiger partial charge in [0.25, 0.3) is 11.5 Å². The predicted molar refractivity (Wildman–Crippen MR) is 117 cm³/mol. The molecule has 0 bridgehead atoms. The van der Waals surface area contributed by atoms with Crippen LogP contribution in [0.1, 0.15) is 46.9 Å². The standard InChI is InChI=1S/C23H27N5O2/c1-15-9-16(2)19-12-21(25-20(19)10-15)23(30)27-6-3-5-17(14-27)28-22(29)11-18(13-24-28)26-7-4-8-26/h9-13,17,25H,3-8,14H2,1-2H3/t17-/m1/s1. The number of hydrogen-bond donors (Lipinski definition) is 1. The lowest BCUT2D eigenvalue weighted by Gasteiger charge is -2.34. The number of aryl methyl sites for hydroxylation is 2. The zero-order valence-electron chi connectivity index (χ0n) is 17.5. The summed E-state index contributed by atoms with van der Waals surface area (Å²) >= 11 is 0. The second-order valence-electron chi connectivity index (χ2n) is 8.61. The van der Waals surface area contributed by atoms with Crippen LogP contribution in [0.15, 0.2) is 35.3 Å². The molecule has 2 aliphatic rings. The molecule has 1 amide bonds. The van der Waals surface area contributed by atoms with E-state index in [1.54, 1.807) is 16.9 Å². The molecule has 0 unspecified atom stereocenters. The van der Waals surface area contributed by atoms with Gasteiger partial charge < -0.3 is 14.8 Å². The van der Waals surface area contributed by atoms with Gasteiger partial charge in [-0.05, 0) is 56.4 Å². The van der Waals surface area contributed by atoms with Gasteiger partial charge in [0.2, 0.25) is 0 Å². The molecule has 7 heteroatoms. The fourth-order valence-electron chi connectivity index (χ4n) is 4.65. The molecule has 7 nitrogen and oxygen atoms in total. The van der Waals surface area contributed by atoms with Crippen molar-refractivity contribution >= 4 is 22.5 Å². The number of carbonyl (C=O) groups is 1. The van der Waals surface area contributed by atoms with E-state index < -0.39 is 0 Å². The molecule has 0 radical (unpaired) electrons. The van der Waals surface area contributed by atoms with Crippen LogP contribution in [0.4, 0.5) is 5.69 Å². The Morgan fingerprint density at radius 1 is 1.10 bits per heavy atom. The molecule has 1 aromatic carbocycles. The molecule has 0 aliphatic carbocycles. The number of amides is 1. The molecule has 2 saturated heterocycles. The maximum Gasteiger partial charge on any atom is 0.270 e. The van der Waals surface area contributed by atoms with Crippen molar-refractivity contribution in [2.24, 2.45) is 0 Å². The van der Waals surface area contributed by atoms with E-state index in [9.17, 15) is 9.59 Å². The SMILES string of the molecule is Cc1cc(C)c2cc(C(=O)N3CCC[C@@H](n4ncc(N5CCC5)cc4=O)C3)[nH]c2c1. The lowest BCUT2D eigenvalue weighted by molar-refractivity contribution is 0.0665. The molecular formula is C23H27N5O2. The van der Waals surface area contributed by atoms with Gasteiger partial charge in [-0.25, -0.2) is 4.68 Å². The number of H-pyrrole nitrogens is 1. The molecule has 1 N–H and O–H groups in total. The lowest BCUT2D eigenvalue weighted by atomic mass is 10.1. The first-order chi connectivity index (χ1) is 14.5. The van der Waals surface area contributed by atoms with Gasteiger partial charge in [-0.3, -0.25) is 9.59 Å². The van der Waals surface area contributed by atoms with Crippen LogP contribution in [0.5, 0.6) is 0 Å². The normalized spacial score (nSPS) is 19.2. The number of fused-ring (bicyclic) bond motifs is 1. The predicted octanol–water partition coefficient (Wildman–Crippen LogP) is 3.03. The highest BCUT2D eigenvalue weighted by Gasteiger charge is 2.28. The minimum absolute atomic E-state index is 0.0156. The Kier molecular flexibility index (Phi) is 4.60. The number of carbonyl (C=O) groups excluding carboxylic acids is 1. The Morgan fingerprint density at radius 2 is 1.93 bits per heavy atom. The zero-order valence-corrected chi connectivity index (χ0v) is 17.5. The summed E-state index contributed by atoms with van der Waals surface area (Å²) in [7, 11) is 0. The Hall–Kier alpha value is -3.09. The van der Waals surface area contributed by atoms with Gasteiger partial charge in [-0.1, -0.05) is 6.07 Å². The number of aromatic amines is 1. The van der Waals surface area contributed by atoms with Gasteiger partial charge >= 0.3 is 0 Å². The molecule has 2 fully saturated rings. The third kappa shape index (κ3) is 3.28. The fraction of sp³-hybridized carbons (Fsp3) is 0.435. The van der Waals surface area contributed by atoms with Gasteiger partial charge in [-0.2, -0.15) is 5.10 Å². The Labute approximate surface area is 175 Å². The van der Waals surface area contributed by atoms with E-state index in [0.29, 0.717) is 18.8 Å². The number of aromatic nitrogens is 3. The van der Waals surface area contributed by atoms with Gasteiger partial charge in [0.15, 0.2) is 0 Å². The Bertz CT molecular complexity index is 1170. The minimum atomic E-state index is -0.0889. The van der Waals surface area contributed by atoms with Crippen molar-refractivity contribution in [2.45, 2.75) is 39.2 Å². The molecule has 30 heavy (non-hydrogen) atoms. The first-order valence-electron chi connectivity index (χ1n) is 10.7. The number of nitrogens with one attached hydrogen (secondary N) is 1. The fourth-order valence-corrected chi connectivity index (χ4v) is 4.65. The van der Waals surface area contributed by atoms with E-state index in [-0.39, 0.29) is 17.5 Å². The minimum Gasteiger partial charge on any atom is -0.370 e. The van der Waals surface area contributed by atoms with E-state index >= 15 is 0 Å². The molecule has 0 saturated carbocycles. The zero-order chi connectivity index (χ0) is 20.8. The van der Waals surface area contributed by atoms with Gasteiger partial charge in [-0.15, -0.1) is 0 Å². The number of anilines is 1. The summed E-state index contributed by atoms with van der Waals surface area (Å²) in [4.78, 5) is 33.2. The van der Waals surface area contributed by atoms with Crippen LogP contribution in [-0.2, 0) is 0 Å². The average molecular weight is 406 g/mol. The highest BCUT2D eigenvalue weighted by Crippen LogP contribution is 2.25. The Morgan fingerprint density at radius 3 is 2.67 bits per heavy atom. The molecule has 0 spiro atoms. The third-order valence-electron chi connectivity index (χ3n) is 6.38. The van der Waals surface area contributed by atoms with Gasteiger partial charge in [0.05, 0.1) is 17.9 Å². The summed E-state index contributed by atoms with van der Waals surface area (Å²) < 4.78 is 1.56. The van der Waals surface area contributed by atoms with Crippen molar-refractivity contribution in [1.29, 1.82) is 0 Å². The van der Waals surface area contributed by atoms with Crippen LogP contribution in [0.25, 0.3) is 10.9 Å². The quantitative estimate of drug-likeness (QED) is 0.727. The first-order valence-corrected chi connectivity index (χ1v) is 10.7. The van der Waals surface area contributed by atoms with Crippen molar-refractivity contribution in [2.75, 3.05) is 31.1 Å². The molecule has 2 aromatic heterocycles. The van der Waals surface area contributed by atoms with Crippen LogP contribution >= 0.6 is 0 Å². The van der Waals surface area contributed by atoms with E-state index in [1.807, 2.05) is 11.0 Å². The van der Waals surface area contributed by atoms with Crippen molar-refractivity contribution in [3.63, 3.8) is 0 Å². The highest BCUT2D eigenvalue weighted by atomic mass is 16.2. The number of nitrogens with zero attached hydrogens (tertiary/aromatic N) is 4. The molecule has 156 valence electrons. The summed E-state index contributed by atoms with van der Waals surface area (Å²) in [5.41, 5.74) is 4.74. The van der Waals surface area contributed by atoms with E-state index in [4.69, 9.17) is 0 Å². The summed E-state index contributed by atoms with van der Waals surface area (Å²) in [6.07, 6.45) is 4.65.